The second kappa shape index (κ2) is 4.31. The molecule has 0 unspecified atom stereocenters. The molecule has 0 aliphatic rings. The first-order valence-electron chi connectivity index (χ1n) is 6.83. The molecule has 0 radical (unpaired) electrons. The van der Waals surface area contributed by atoms with Gasteiger partial charge in [-0.15, -0.1) is 0 Å². The average Bonchev–Trinajstić information content (AvgIpc) is 2.81. The summed E-state index contributed by atoms with van der Waals surface area (Å²) in [5, 5.41) is 1.12. The molecular weight excluding hydrogens is 260 g/mol. The largest absolute Gasteiger partial charge is 0.399 e. The molecule has 0 amide bonds. The number of fused-ring (bicyclic) bond motifs is 2. The quantitative estimate of drug-likeness (QED) is 0.541. The van der Waals surface area contributed by atoms with Crippen molar-refractivity contribution in [2.75, 3.05) is 5.73 Å². The molecule has 0 aliphatic heterocycles. The highest BCUT2D eigenvalue weighted by atomic mass is 15.1. The van der Waals surface area contributed by atoms with Gasteiger partial charge in [-0.1, -0.05) is 18.2 Å². The summed E-state index contributed by atoms with van der Waals surface area (Å²) < 4.78 is 2.13. The molecule has 2 aromatic carbocycles. The number of aryl methyl sites for hydroxylation is 1. The predicted molar refractivity (Wildman–Crippen MR) is 85.5 cm³/mol. The molecule has 0 fully saturated rings. The Morgan fingerprint density at radius 3 is 2.81 bits per heavy atom. The lowest BCUT2D eigenvalue weighted by Gasteiger charge is -2.09. The van der Waals surface area contributed by atoms with Gasteiger partial charge in [0.25, 0.3) is 0 Å². The van der Waals surface area contributed by atoms with Gasteiger partial charge in [0.1, 0.15) is 5.82 Å². The van der Waals surface area contributed by atoms with Crippen LogP contribution in [0.4, 0.5) is 5.69 Å². The normalized spacial score (nSPS) is 11.3. The van der Waals surface area contributed by atoms with Crippen LogP contribution in [0.25, 0.3) is 27.6 Å². The van der Waals surface area contributed by atoms with Gasteiger partial charge in [-0.25, -0.2) is 4.98 Å². The molecule has 0 bridgehead atoms. The molecule has 4 rings (SSSR count). The summed E-state index contributed by atoms with van der Waals surface area (Å²) in [6.07, 6.45) is 1.82. The fourth-order valence-corrected chi connectivity index (χ4v) is 2.79. The second-order valence-electron chi connectivity index (χ2n) is 5.09. The number of hydrogen-bond acceptors (Lipinski definition) is 3. The molecule has 2 N–H and O–H groups in total. The van der Waals surface area contributed by atoms with Gasteiger partial charge < -0.3 is 5.73 Å². The Kier molecular flexibility index (Phi) is 2.44. The van der Waals surface area contributed by atoms with E-state index in [-0.39, 0.29) is 0 Å². The number of rotatable bonds is 1. The first-order valence-corrected chi connectivity index (χ1v) is 6.83. The highest BCUT2D eigenvalue weighted by Gasteiger charge is 2.12. The maximum Gasteiger partial charge on any atom is 0.111 e. The van der Waals surface area contributed by atoms with Crippen LogP contribution in [0.5, 0.6) is 0 Å². The lowest BCUT2D eigenvalue weighted by molar-refractivity contribution is 1.00. The number of imidazole rings is 1. The van der Waals surface area contributed by atoms with Gasteiger partial charge in [0.2, 0.25) is 0 Å². The molecule has 102 valence electrons. The first kappa shape index (κ1) is 11.9. The number of nitrogen functional groups attached to an aromatic ring is 1. The minimum atomic E-state index is 0.725. The summed E-state index contributed by atoms with van der Waals surface area (Å²) in [7, 11) is 0. The number of pyridine rings is 1. The van der Waals surface area contributed by atoms with Crippen LogP contribution < -0.4 is 5.73 Å². The molecule has 4 aromatic rings. The van der Waals surface area contributed by atoms with Crippen molar-refractivity contribution in [2.45, 2.75) is 6.92 Å². The molecule has 0 saturated carbocycles. The van der Waals surface area contributed by atoms with E-state index < -0.39 is 0 Å². The van der Waals surface area contributed by atoms with Crippen LogP contribution in [0.2, 0.25) is 0 Å². The van der Waals surface area contributed by atoms with Gasteiger partial charge in [0, 0.05) is 17.3 Å². The van der Waals surface area contributed by atoms with Crippen molar-refractivity contribution in [3.8, 4) is 5.69 Å². The maximum absolute atomic E-state index is 5.85. The van der Waals surface area contributed by atoms with Crippen LogP contribution >= 0.6 is 0 Å². The number of nitrogens with zero attached hydrogens (tertiary/aromatic N) is 3. The van der Waals surface area contributed by atoms with Gasteiger partial charge >= 0.3 is 0 Å². The van der Waals surface area contributed by atoms with Crippen molar-refractivity contribution >= 4 is 27.6 Å². The molecule has 0 atom stereocenters. The van der Waals surface area contributed by atoms with Gasteiger partial charge in [-0.3, -0.25) is 9.55 Å². The number of benzene rings is 2. The van der Waals surface area contributed by atoms with Gasteiger partial charge in [0.05, 0.1) is 22.2 Å². The minimum Gasteiger partial charge on any atom is -0.399 e. The van der Waals surface area contributed by atoms with Crippen molar-refractivity contribution in [1.82, 2.24) is 14.5 Å². The summed E-state index contributed by atoms with van der Waals surface area (Å²) in [6.45, 7) is 2.00. The summed E-state index contributed by atoms with van der Waals surface area (Å²) in [6, 6.07) is 16.0. The Balaban J connectivity index is 2.11. The Morgan fingerprint density at radius 2 is 1.90 bits per heavy atom. The van der Waals surface area contributed by atoms with Gasteiger partial charge in [-0.2, -0.15) is 0 Å². The van der Waals surface area contributed by atoms with E-state index in [4.69, 9.17) is 5.73 Å². The minimum absolute atomic E-state index is 0.725. The Hall–Kier alpha value is -2.88. The number of anilines is 1. The zero-order valence-corrected chi connectivity index (χ0v) is 11.6. The van der Waals surface area contributed by atoms with E-state index in [9.17, 15) is 0 Å². The third-order valence-electron chi connectivity index (χ3n) is 3.70. The highest BCUT2D eigenvalue weighted by molar-refractivity contribution is 5.90. The summed E-state index contributed by atoms with van der Waals surface area (Å²) >= 11 is 0. The Labute approximate surface area is 121 Å². The summed E-state index contributed by atoms with van der Waals surface area (Å²) in [5.74, 6) is 0.925. The molecule has 2 heterocycles. The van der Waals surface area contributed by atoms with Crippen molar-refractivity contribution in [3.05, 3.63) is 60.6 Å². The molecule has 2 aromatic heterocycles. The lowest BCUT2D eigenvalue weighted by Crippen LogP contribution is -1.99. The number of nitrogens with two attached hydrogens (primary N) is 1. The van der Waals surface area contributed by atoms with E-state index in [1.54, 1.807) is 0 Å². The Bertz CT molecular complexity index is 964. The van der Waals surface area contributed by atoms with Crippen molar-refractivity contribution in [2.24, 2.45) is 0 Å². The van der Waals surface area contributed by atoms with Gasteiger partial charge in [0.15, 0.2) is 0 Å². The predicted octanol–water partition coefficient (Wildman–Crippen LogP) is 3.46. The maximum atomic E-state index is 5.85. The average molecular weight is 274 g/mol. The summed E-state index contributed by atoms with van der Waals surface area (Å²) in [5.41, 5.74) is 10.5. The standard InChI is InChI=1S/C17H14N4/c1-11-20-14-10-13(18)7-8-15(14)21(11)16-6-2-4-12-5-3-9-19-17(12)16/h2-10H,18H2,1H3. The fraction of sp³-hybridized carbons (Fsp3) is 0.0588. The van der Waals surface area contributed by atoms with Crippen LogP contribution in [0.1, 0.15) is 5.82 Å². The third-order valence-corrected chi connectivity index (χ3v) is 3.70. The lowest BCUT2D eigenvalue weighted by atomic mass is 10.2. The topological polar surface area (TPSA) is 56.7 Å². The van der Waals surface area contributed by atoms with E-state index in [2.05, 4.69) is 32.7 Å². The third kappa shape index (κ3) is 1.76. The monoisotopic (exact) mass is 274 g/mol. The van der Waals surface area contributed by atoms with Crippen LogP contribution in [-0.4, -0.2) is 14.5 Å². The molecule has 0 saturated heterocycles. The molecule has 4 nitrogen and oxygen atoms in total. The molecule has 4 heteroatoms. The van der Waals surface area contributed by atoms with E-state index in [1.165, 1.54) is 0 Å². The van der Waals surface area contributed by atoms with E-state index >= 15 is 0 Å². The van der Waals surface area contributed by atoms with Gasteiger partial charge in [-0.05, 0) is 37.3 Å². The smallest absolute Gasteiger partial charge is 0.111 e. The van der Waals surface area contributed by atoms with E-state index in [0.29, 0.717) is 0 Å². The van der Waals surface area contributed by atoms with E-state index in [1.807, 2.05) is 43.5 Å². The highest BCUT2D eigenvalue weighted by Crippen LogP contribution is 2.27. The molecule has 21 heavy (non-hydrogen) atoms. The first-order chi connectivity index (χ1) is 10.2. The molecule has 0 aliphatic carbocycles. The van der Waals surface area contributed by atoms with Crippen molar-refractivity contribution < 1.29 is 0 Å². The van der Waals surface area contributed by atoms with Crippen LogP contribution in [0.15, 0.2) is 54.7 Å². The van der Waals surface area contributed by atoms with Crippen LogP contribution in [0, 0.1) is 6.92 Å². The summed E-state index contributed by atoms with van der Waals surface area (Å²) in [4.78, 5) is 9.14. The zero-order valence-electron chi connectivity index (χ0n) is 11.6. The zero-order chi connectivity index (χ0) is 14.4. The van der Waals surface area contributed by atoms with Crippen LogP contribution in [-0.2, 0) is 0 Å². The number of aromatic nitrogens is 3. The number of para-hydroxylation sites is 1. The fourth-order valence-electron chi connectivity index (χ4n) is 2.79. The van der Waals surface area contributed by atoms with Crippen LogP contribution in [0.3, 0.4) is 0 Å². The molecular formula is C17H14N4. The molecule has 0 spiro atoms. The number of hydrogen-bond donors (Lipinski definition) is 1. The second-order valence-corrected chi connectivity index (χ2v) is 5.09. The SMILES string of the molecule is Cc1nc2cc(N)ccc2n1-c1cccc2cccnc12. The van der Waals surface area contributed by atoms with Crippen molar-refractivity contribution in [3.63, 3.8) is 0 Å². The van der Waals surface area contributed by atoms with Crippen molar-refractivity contribution in [1.29, 1.82) is 0 Å². The van der Waals surface area contributed by atoms with E-state index in [0.717, 1.165) is 39.1 Å². The Morgan fingerprint density at radius 1 is 1.05 bits per heavy atom.